The van der Waals surface area contributed by atoms with Crippen LogP contribution in [-0.4, -0.2) is 14.4 Å². The summed E-state index contributed by atoms with van der Waals surface area (Å²) in [6.45, 7) is 11.8. The number of allylic oxidation sites excluding steroid dienone is 1. The molecule has 0 spiro atoms. The molecule has 0 amide bonds. The molecule has 1 aliphatic rings. The van der Waals surface area contributed by atoms with E-state index in [0.717, 1.165) is 6.42 Å². The molecular formula is C18H36OSi. The van der Waals surface area contributed by atoms with Gasteiger partial charge in [0.2, 0.25) is 0 Å². The van der Waals surface area contributed by atoms with Gasteiger partial charge in [0.1, 0.15) is 0 Å². The molecule has 1 unspecified atom stereocenters. The van der Waals surface area contributed by atoms with Crippen molar-refractivity contribution in [3.8, 4) is 0 Å². The van der Waals surface area contributed by atoms with Gasteiger partial charge in [0.25, 0.3) is 0 Å². The highest BCUT2D eigenvalue weighted by Gasteiger charge is 2.38. The predicted octanol–water partition coefficient (Wildman–Crippen LogP) is 6.46. The van der Waals surface area contributed by atoms with E-state index in [1.165, 1.54) is 51.4 Å². The van der Waals surface area contributed by atoms with Crippen LogP contribution in [0.1, 0.15) is 78.6 Å². The van der Waals surface area contributed by atoms with Gasteiger partial charge in [-0.25, -0.2) is 0 Å². The Hall–Kier alpha value is -0.0831. The van der Waals surface area contributed by atoms with E-state index in [1.54, 1.807) is 0 Å². The molecule has 0 aromatic rings. The maximum Gasteiger partial charge on any atom is 0.192 e. The molecule has 0 radical (unpaired) electrons. The summed E-state index contributed by atoms with van der Waals surface area (Å²) in [4.78, 5) is 0. The summed E-state index contributed by atoms with van der Waals surface area (Å²) in [5, 5.41) is 0.320. The smallest absolute Gasteiger partial charge is 0.192 e. The fourth-order valence-electron chi connectivity index (χ4n) is 2.53. The van der Waals surface area contributed by atoms with E-state index >= 15 is 0 Å². The van der Waals surface area contributed by atoms with Crippen molar-refractivity contribution < 1.29 is 4.43 Å². The molecule has 1 rings (SSSR count). The maximum atomic E-state index is 6.63. The zero-order valence-corrected chi connectivity index (χ0v) is 15.5. The first-order chi connectivity index (χ1) is 9.33. The Labute approximate surface area is 128 Å². The van der Waals surface area contributed by atoms with Gasteiger partial charge in [0, 0.05) is 6.10 Å². The number of hydrogen-bond donors (Lipinski definition) is 0. The van der Waals surface area contributed by atoms with Gasteiger partial charge in [0.15, 0.2) is 8.32 Å². The summed E-state index contributed by atoms with van der Waals surface area (Å²) in [7, 11) is -1.62. The maximum absolute atomic E-state index is 6.63. The first kappa shape index (κ1) is 18.0. The Kier molecular flexibility index (Phi) is 7.53. The zero-order valence-electron chi connectivity index (χ0n) is 14.5. The average Bonchev–Trinajstić information content (AvgIpc) is 2.31. The topological polar surface area (TPSA) is 9.23 Å². The first-order valence-electron chi connectivity index (χ1n) is 8.66. The van der Waals surface area contributed by atoms with Gasteiger partial charge in [0.05, 0.1) is 0 Å². The lowest BCUT2D eigenvalue weighted by molar-refractivity contribution is 0.169. The SMILES string of the molecule is CC(C)(C)[Si](C)(C)OC1C/C=C\CCCCCCCC1. The Balaban J connectivity index is 2.58. The zero-order chi connectivity index (χ0) is 15.1. The minimum Gasteiger partial charge on any atom is -0.414 e. The number of rotatable bonds is 2. The Morgan fingerprint density at radius 1 is 0.900 bits per heavy atom. The van der Waals surface area contributed by atoms with E-state index in [-0.39, 0.29) is 0 Å². The van der Waals surface area contributed by atoms with E-state index in [2.05, 4.69) is 46.0 Å². The highest BCUT2D eigenvalue weighted by Crippen LogP contribution is 2.38. The molecule has 0 aliphatic heterocycles. The molecule has 1 nitrogen and oxygen atoms in total. The van der Waals surface area contributed by atoms with Crippen LogP contribution in [-0.2, 0) is 4.43 Å². The molecule has 20 heavy (non-hydrogen) atoms. The summed E-state index contributed by atoms with van der Waals surface area (Å²) in [6, 6.07) is 0. The highest BCUT2D eigenvalue weighted by molar-refractivity contribution is 6.74. The van der Waals surface area contributed by atoms with Gasteiger partial charge in [-0.3, -0.25) is 0 Å². The lowest BCUT2D eigenvalue weighted by Gasteiger charge is -2.39. The molecule has 0 saturated heterocycles. The van der Waals surface area contributed by atoms with Crippen LogP contribution in [0.5, 0.6) is 0 Å². The van der Waals surface area contributed by atoms with Crippen LogP contribution < -0.4 is 0 Å². The molecule has 1 aliphatic carbocycles. The molecule has 0 aromatic carbocycles. The third kappa shape index (κ3) is 6.58. The fourth-order valence-corrected chi connectivity index (χ4v) is 3.93. The summed E-state index contributed by atoms with van der Waals surface area (Å²) in [5.74, 6) is 0. The summed E-state index contributed by atoms with van der Waals surface area (Å²) < 4.78 is 6.63. The van der Waals surface area contributed by atoms with Gasteiger partial charge >= 0.3 is 0 Å². The van der Waals surface area contributed by atoms with Crippen LogP contribution in [0, 0.1) is 0 Å². The van der Waals surface area contributed by atoms with Gasteiger partial charge in [-0.05, 0) is 43.8 Å². The van der Waals surface area contributed by atoms with Crippen molar-refractivity contribution in [3.05, 3.63) is 12.2 Å². The van der Waals surface area contributed by atoms with Crippen molar-refractivity contribution in [2.75, 3.05) is 0 Å². The minimum atomic E-state index is -1.62. The predicted molar refractivity (Wildman–Crippen MR) is 92.8 cm³/mol. The van der Waals surface area contributed by atoms with Gasteiger partial charge in [-0.1, -0.05) is 65.0 Å². The molecule has 0 bridgehead atoms. The highest BCUT2D eigenvalue weighted by atomic mass is 28.4. The number of hydrogen-bond acceptors (Lipinski definition) is 1. The van der Waals surface area contributed by atoms with E-state index in [1.807, 2.05) is 0 Å². The van der Waals surface area contributed by atoms with E-state index < -0.39 is 8.32 Å². The van der Waals surface area contributed by atoms with E-state index in [4.69, 9.17) is 4.43 Å². The van der Waals surface area contributed by atoms with Crippen molar-refractivity contribution in [2.24, 2.45) is 0 Å². The van der Waals surface area contributed by atoms with Crippen molar-refractivity contribution in [3.63, 3.8) is 0 Å². The molecular weight excluding hydrogens is 260 g/mol. The molecule has 118 valence electrons. The second-order valence-electron chi connectivity index (χ2n) is 7.91. The first-order valence-corrected chi connectivity index (χ1v) is 11.6. The molecule has 0 aromatic heterocycles. The lowest BCUT2D eigenvalue weighted by atomic mass is 10.0. The summed E-state index contributed by atoms with van der Waals surface area (Å²) in [6.07, 6.45) is 17.2. The van der Waals surface area contributed by atoms with E-state index in [0.29, 0.717) is 11.1 Å². The lowest BCUT2D eigenvalue weighted by Crippen LogP contribution is -2.43. The largest absolute Gasteiger partial charge is 0.414 e. The average molecular weight is 297 g/mol. The Bertz CT molecular complexity index is 288. The fraction of sp³-hybridized carbons (Fsp3) is 0.889. The minimum absolute atomic E-state index is 0.320. The normalized spacial score (nSPS) is 25.6. The molecule has 0 N–H and O–H groups in total. The van der Waals surface area contributed by atoms with Crippen LogP contribution in [0.15, 0.2) is 12.2 Å². The standard InChI is InChI=1S/C18H36OSi/c1-18(2,3)20(4,5)19-17-15-13-11-9-7-6-8-10-12-14-16-17/h11,13,17H,6-10,12,14-16H2,1-5H3/b13-11-. The van der Waals surface area contributed by atoms with Gasteiger partial charge in [-0.2, -0.15) is 0 Å². The summed E-state index contributed by atoms with van der Waals surface area (Å²) >= 11 is 0. The monoisotopic (exact) mass is 296 g/mol. The molecule has 1 atom stereocenters. The quantitative estimate of drug-likeness (QED) is 0.420. The molecule has 0 heterocycles. The molecule has 0 fully saturated rings. The van der Waals surface area contributed by atoms with Crippen LogP contribution in [0.4, 0.5) is 0 Å². The summed E-state index contributed by atoms with van der Waals surface area (Å²) in [5.41, 5.74) is 0. The van der Waals surface area contributed by atoms with Gasteiger partial charge in [-0.15, -0.1) is 0 Å². The van der Waals surface area contributed by atoms with Crippen molar-refractivity contribution in [1.29, 1.82) is 0 Å². The Morgan fingerprint density at radius 2 is 1.50 bits per heavy atom. The Morgan fingerprint density at radius 3 is 2.15 bits per heavy atom. The van der Waals surface area contributed by atoms with Crippen molar-refractivity contribution in [2.45, 2.75) is 103 Å². The van der Waals surface area contributed by atoms with Crippen LogP contribution in [0.3, 0.4) is 0 Å². The van der Waals surface area contributed by atoms with Crippen LogP contribution >= 0.6 is 0 Å². The van der Waals surface area contributed by atoms with Crippen molar-refractivity contribution >= 4 is 8.32 Å². The van der Waals surface area contributed by atoms with E-state index in [9.17, 15) is 0 Å². The third-order valence-corrected chi connectivity index (χ3v) is 9.51. The second-order valence-corrected chi connectivity index (χ2v) is 12.7. The van der Waals surface area contributed by atoms with Crippen LogP contribution in [0.2, 0.25) is 18.1 Å². The van der Waals surface area contributed by atoms with Gasteiger partial charge < -0.3 is 4.43 Å². The van der Waals surface area contributed by atoms with Crippen molar-refractivity contribution in [1.82, 2.24) is 0 Å². The second kappa shape index (κ2) is 8.38. The third-order valence-electron chi connectivity index (χ3n) is 4.98. The molecule has 2 heteroatoms. The molecule has 0 saturated carbocycles. The van der Waals surface area contributed by atoms with Crippen LogP contribution in [0.25, 0.3) is 0 Å².